The Kier molecular flexibility index (Phi) is 5.12. The van der Waals surface area contributed by atoms with Crippen LogP contribution in [-0.4, -0.2) is 41.7 Å². The van der Waals surface area contributed by atoms with Crippen LogP contribution in [0.15, 0.2) is 24.3 Å². The number of hydrogen-bond donors (Lipinski definition) is 1. The van der Waals surface area contributed by atoms with E-state index in [2.05, 4.69) is 10.1 Å². The highest BCUT2D eigenvalue weighted by molar-refractivity contribution is 7.80. The number of morpholine rings is 1. The van der Waals surface area contributed by atoms with Crippen molar-refractivity contribution >= 4 is 23.0 Å². The number of nitrogens with zero attached hydrogens (tertiary/aromatic N) is 1. The number of ether oxygens (including phenoxy) is 2. The molecule has 0 aromatic heterocycles. The van der Waals surface area contributed by atoms with Gasteiger partial charge in [0.25, 0.3) is 0 Å². The van der Waals surface area contributed by atoms with Crippen LogP contribution in [0.5, 0.6) is 5.75 Å². The van der Waals surface area contributed by atoms with Crippen LogP contribution in [0, 0.1) is 0 Å². The maximum absolute atomic E-state index is 12.1. The largest absolute Gasteiger partial charge is 0.573 e. The third-order valence-corrected chi connectivity index (χ3v) is 3.41. The number of thiocarbonyl (C=S) groups is 1. The Morgan fingerprint density at radius 1 is 1.23 bits per heavy atom. The third-order valence-electron chi connectivity index (χ3n) is 3.05. The molecule has 0 saturated carbocycles. The molecule has 8 heteroatoms. The van der Waals surface area contributed by atoms with E-state index in [9.17, 15) is 13.2 Å². The number of halogens is 3. The van der Waals surface area contributed by atoms with Gasteiger partial charge in [0, 0.05) is 18.8 Å². The summed E-state index contributed by atoms with van der Waals surface area (Å²) in [4.78, 5) is 1.98. The molecule has 1 aromatic carbocycles. The van der Waals surface area contributed by atoms with Crippen molar-refractivity contribution in [3.63, 3.8) is 0 Å². The highest BCUT2D eigenvalue weighted by Crippen LogP contribution is 2.24. The highest BCUT2D eigenvalue weighted by atomic mass is 32.1. The Balaban J connectivity index is 1.94. The summed E-state index contributed by atoms with van der Waals surface area (Å²) in [6.07, 6.45) is -4.54. The lowest BCUT2D eigenvalue weighted by Gasteiger charge is -2.36. The lowest BCUT2D eigenvalue weighted by atomic mass is 10.2. The molecule has 0 radical (unpaired) electrons. The lowest BCUT2D eigenvalue weighted by molar-refractivity contribution is -0.274. The molecule has 1 N–H and O–H groups in total. The van der Waals surface area contributed by atoms with E-state index in [0.29, 0.717) is 23.9 Å². The van der Waals surface area contributed by atoms with Crippen molar-refractivity contribution in [2.24, 2.45) is 0 Å². The van der Waals surface area contributed by atoms with Crippen molar-refractivity contribution in [1.29, 1.82) is 0 Å². The van der Waals surface area contributed by atoms with Gasteiger partial charge in [0.1, 0.15) is 5.75 Å². The number of alkyl halides is 3. The Bertz CT molecular complexity index is 512. The SMILES string of the molecule is C[C@@H]1CN(C(=S)Nc2ccc(OC(F)(F)F)cc2)C[C@H](C)O1. The second-order valence-corrected chi connectivity index (χ2v) is 5.55. The van der Waals surface area contributed by atoms with Gasteiger partial charge >= 0.3 is 6.36 Å². The van der Waals surface area contributed by atoms with E-state index in [1.807, 2.05) is 18.7 Å². The maximum Gasteiger partial charge on any atom is 0.573 e. The second-order valence-electron chi connectivity index (χ2n) is 5.16. The number of benzene rings is 1. The maximum atomic E-state index is 12.1. The normalized spacial score (nSPS) is 22.3. The van der Waals surface area contributed by atoms with Crippen molar-refractivity contribution in [1.82, 2.24) is 4.90 Å². The van der Waals surface area contributed by atoms with Crippen LogP contribution in [0.1, 0.15) is 13.8 Å². The van der Waals surface area contributed by atoms with Crippen molar-refractivity contribution < 1.29 is 22.6 Å². The number of nitrogens with one attached hydrogen (secondary N) is 1. The van der Waals surface area contributed by atoms with Crippen LogP contribution in [0.3, 0.4) is 0 Å². The van der Waals surface area contributed by atoms with Gasteiger partial charge in [-0.1, -0.05) is 0 Å². The molecule has 1 aliphatic rings. The Labute approximate surface area is 132 Å². The molecule has 2 rings (SSSR count). The highest BCUT2D eigenvalue weighted by Gasteiger charge is 2.31. The van der Waals surface area contributed by atoms with Crippen LogP contribution < -0.4 is 10.1 Å². The van der Waals surface area contributed by atoms with Gasteiger partial charge in [-0.05, 0) is 50.3 Å². The van der Waals surface area contributed by atoms with Crippen LogP contribution in [0.2, 0.25) is 0 Å². The molecule has 0 amide bonds. The molecule has 22 heavy (non-hydrogen) atoms. The summed E-state index contributed by atoms with van der Waals surface area (Å²) in [6, 6.07) is 5.45. The van der Waals surface area contributed by atoms with Crippen LogP contribution in [0.4, 0.5) is 18.9 Å². The van der Waals surface area contributed by atoms with Crippen molar-refractivity contribution in [2.45, 2.75) is 32.4 Å². The van der Waals surface area contributed by atoms with Gasteiger partial charge in [0.05, 0.1) is 12.2 Å². The molecule has 1 aromatic rings. The average molecular weight is 334 g/mol. The number of hydrogen-bond acceptors (Lipinski definition) is 3. The monoisotopic (exact) mass is 334 g/mol. The summed E-state index contributed by atoms with van der Waals surface area (Å²) in [6.45, 7) is 5.28. The molecule has 0 unspecified atom stereocenters. The van der Waals surface area contributed by atoms with E-state index in [-0.39, 0.29) is 18.0 Å². The van der Waals surface area contributed by atoms with Gasteiger partial charge in [0.15, 0.2) is 5.11 Å². The minimum atomic E-state index is -4.69. The fourth-order valence-corrected chi connectivity index (χ4v) is 2.55. The first-order valence-electron chi connectivity index (χ1n) is 6.80. The molecule has 122 valence electrons. The topological polar surface area (TPSA) is 33.7 Å². The summed E-state index contributed by atoms with van der Waals surface area (Å²) in [5.74, 6) is -0.266. The molecule has 2 atom stereocenters. The lowest BCUT2D eigenvalue weighted by Crippen LogP contribution is -2.49. The predicted molar refractivity (Wildman–Crippen MR) is 80.9 cm³/mol. The molecule has 1 heterocycles. The van der Waals surface area contributed by atoms with E-state index in [0.717, 1.165) is 0 Å². The van der Waals surface area contributed by atoms with Crippen LogP contribution >= 0.6 is 12.2 Å². The van der Waals surface area contributed by atoms with Gasteiger partial charge in [-0.2, -0.15) is 0 Å². The van der Waals surface area contributed by atoms with E-state index in [1.165, 1.54) is 24.3 Å². The van der Waals surface area contributed by atoms with Crippen LogP contribution in [-0.2, 0) is 4.74 Å². The number of anilines is 1. The van der Waals surface area contributed by atoms with Gasteiger partial charge in [0.2, 0.25) is 0 Å². The predicted octanol–water partition coefficient (Wildman–Crippen LogP) is 3.39. The zero-order valence-electron chi connectivity index (χ0n) is 12.2. The Morgan fingerprint density at radius 2 is 1.77 bits per heavy atom. The van der Waals surface area contributed by atoms with Crippen molar-refractivity contribution in [2.75, 3.05) is 18.4 Å². The quantitative estimate of drug-likeness (QED) is 0.839. The molecule has 0 spiro atoms. The van der Waals surface area contributed by atoms with Gasteiger partial charge in [-0.15, -0.1) is 13.2 Å². The fraction of sp³-hybridized carbons (Fsp3) is 0.500. The summed E-state index contributed by atoms with van der Waals surface area (Å²) < 4.78 is 45.7. The zero-order valence-corrected chi connectivity index (χ0v) is 13.0. The van der Waals surface area contributed by atoms with E-state index >= 15 is 0 Å². The minimum absolute atomic E-state index is 0.0751. The molecule has 1 aliphatic heterocycles. The standard InChI is InChI=1S/C14H17F3N2O2S/c1-9-7-19(8-10(2)20-9)13(22)18-11-3-5-12(6-4-11)21-14(15,16)17/h3-6,9-10H,7-8H2,1-2H3,(H,18,22)/t9-,10+. The van der Waals surface area contributed by atoms with Gasteiger partial charge < -0.3 is 19.7 Å². The molecule has 1 fully saturated rings. The summed E-state index contributed by atoms with van der Waals surface area (Å²) in [5.41, 5.74) is 0.603. The van der Waals surface area contributed by atoms with E-state index < -0.39 is 6.36 Å². The van der Waals surface area contributed by atoms with Crippen molar-refractivity contribution in [3.05, 3.63) is 24.3 Å². The molecule has 0 aliphatic carbocycles. The van der Waals surface area contributed by atoms with Crippen LogP contribution in [0.25, 0.3) is 0 Å². The van der Waals surface area contributed by atoms with E-state index in [4.69, 9.17) is 17.0 Å². The summed E-state index contributed by atoms with van der Waals surface area (Å²) in [7, 11) is 0. The average Bonchev–Trinajstić information content (AvgIpc) is 2.38. The fourth-order valence-electron chi connectivity index (χ4n) is 2.29. The molecule has 0 bridgehead atoms. The van der Waals surface area contributed by atoms with Crippen molar-refractivity contribution in [3.8, 4) is 5.75 Å². The Morgan fingerprint density at radius 3 is 2.27 bits per heavy atom. The Hall–Kier alpha value is -1.54. The first-order chi connectivity index (χ1) is 10.2. The zero-order chi connectivity index (χ0) is 16.3. The molecular weight excluding hydrogens is 317 g/mol. The second kappa shape index (κ2) is 6.70. The molecule has 1 saturated heterocycles. The summed E-state index contributed by atoms with van der Waals surface area (Å²) >= 11 is 5.33. The van der Waals surface area contributed by atoms with Gasteiger partial charge in [-0.25, -0.2) is 0 Å². The number of rotatable bonds is 2. The minimum Gasteiger partial charge on any atom is -0.406 e. The smallest absolute Gasteiger partial charge is 0.406 e. The van der Waals surface area contributed by atoms with Gasteiger partial charge in [-0.3, -0.25) is 0 Å². The summed E-state index contributed by atoms with van der Waals surface area (Å²) in [5, 5.41) is 3.53. The first kappa shape index (κ1) is 16.8. The molecular formula is C14H17F3N2O2S. The molecule has 4 nitrogen and oxygen atoms in total. The first-order valence-corrected chi connectivity index (χ1v) is 7.21. The van der Waals surface area contributed by atoms with E-state index in [1.54, 1.807) is 0 Å². The third kappa shape index (κ3) is 5.03.